The van der Waals surface area contributed by atoms with E-state index in [0.29, 0.717) is 13.3 Å². The number of nitrogens with two attached hydrogens (primary N) is 1. The van der Waals surface area contributed by atoms with Crippen LogP contribution in [0.5, 0.6) is 11.5 Å². The summed E-state index contributed by atoms with van der Waals surface area (Å²) in [4.78, 5) is 4.28. The second-order valence-corrected chi connectivity index (χ2v) is 4.47. The van der Waals surface area contributed by atoms with Gasteiger partial charge < -0.3 is 20.5 Å². The van der Waals surface area contributed by atoms with Crippen LogP contribution in [0.2, 0.25) is 0 Å². The Morgan fingerprint density at radius 3 is 2.95 bits per heavy atom. The summed E-state index contributed by atoms with van der Waals surface area (Å²) in [6, 6.07) is 7.71. The monoisotopic (exact) mass is 257 g/mol. The lowest BCUT2D eigenvalue weighted by atomic mass is 10.2. The van der Waals surface area contributed by atoms with Crippen LogP contribution in [0.3, 0.4) is 0 Å². The van der Waals surface area contributed by atoms with Gasteiger partial charge in [0.2, 0.25) is 6.79 Å². The summed E-state index contributed by atoms with van der Waals surface area (Å²) in [5.74, 6) is 2.35. The lowest BCUT2D eigenvalue weighted by Crippen LogP contribution is -2.02. The average Bonchev–Trinajstić information content (AvgIpc) is 2.87. The summed E-state index contributed by atoms with van der Waals surface area (Å²) < 4.78 is 10.6. The third kappa shape index (κ3) is 2.40. The molecule has 5 heteroatoms. The Morgan fingerprint density at radius 2 is 2.11 bits per heavy atom. The topological polar surface area (TPSA) is 69.4 Å². The predicted molar refractivity (Wildman–Crippen MR) is 73.3 cm³/mol. The summed E-state index contributed by atoms with van der Waals surface area (Å²) in [5, 5.41) is 3.23. The number of hydrogen-bond acceptors (Lipinski definition) is 5. The van der Waals surface area contributed by atoms with E-state index in [0.717, 1.165) is 34.1 Å². The van der Waals surface area contributed by atoms with Crippen LogP contribution in [0.1, 0.15) is 11.1 Å². The van der Waals surface area contributed by atoms with Crippen LogP contribution in [0.25, 0.3) is 0 Å². The molecule has 1 aromatic carbocycles. The first-order chi connectivity index (χ1) is 9.22. The number of nitrogens with zero attached hydrogens (tertiary/aromatic N) is 1. The molecular formula is C14H15N3O2. The van der Waals surface area contributed by atoms with Gasteiger partial charge in [-0.05, 0) is 30.2 Å². The number of fused-ring (bicyclic) bond motifs is 1. The molecule has 0 fully saturated rings. The summed E-state index contributed by atoms with van der Waals surface area (Å²) in [7, 11) is 0. The first-order valence-corrected chi connectivity index (χ1v) is 6.07. The van der Waals surface area contributed by atoms with E-state index in [4.69, 9.17) is 15.2 Å². The Bertz CT molecular complexity index is 614. The molecular weight excluding hydrogens is 242 g/mol. The van der Waals surface area contributed by atoms with Crippen molar-refractivity contribution >= 4 is 11.5 Å². The lowest BCUT2D eigenvalue weighted by molar-refractivity contribution is 0.174. The van der Waals surface area contributed by atoms with E-state index in [1.165, 1.54) is 0 Å². The molecule has 19 heavy (non-hydrogen) atoms. The minimum atomic E-state index is 0.294. The molecule has 0 saturated heterocycles. The number of hydrogen-bond donors (Lipinski definition) is 2. The third-order valence-corrected chi connectivity index (χ3v) is 3.06. The van der Waals surface area contributed by atoms with Crippen molar-refractivity contribution in [2.45, 2.75) is 13.5 Å². The standard InChI is InChI=1S/C14H15N3O2/c1-9-6-16-14(5-11(9)15)17-7-10-2-3-12-13(4-10)19-8-18-12/h2-6H,7-8H2,1H3,(H3,15,16,17). The fourth-order valence-electron chi connectivity index (χ4n) is 1.88. The van der Waals surface area contributed by atoms with Crippen LogP contribution < -0.4 is 20.5 Å². The second kappa shape index (κ2) is 4.68. The number of benzene rings is 1. The second-order valence-electron chi connectivity index (χ2n) is 4.47. The molecule has 1 aliphatic heterocycles. The zero-order chi connectivity index (χ0) is 13.2. The zero-order valence-corrected chi connectivity index (χ0v) is 10.6. The van der Waals surface area contributed by atoms with Crippen LogP contribution >= 0.6 is 0 Å². The van der Waals surface area contributed by atoms with Crippen molar-refractivity contribution in [3.8, 4) is 11.5 Å². The van der Waals surface area contributed by atoms with Crippen LogP contribution in [0, 0.1) is 6.92 Å². The first-order valence-electron chi connectivity index (χ1n) is 6.07. The number of ether oxygens (including phenoxy) is 2. The van der Waals surface area contributed by atoms with Crippen LogP contribution in [0.4, 0.5) is 11.5 Å². The van der Waals surface area contributed by atoms with Crippen molar-refractivity contribution in [1.82, 2.24) is 4.98 Å². The summed E-state index contributed by atoms with van der Waals surface area (Å²) in [5.41, 5.74) is 8.67. The van der Waals surface area contributed by atoms with Crippen molar-refractivity contribution in [3.63, 3.8) is 0 Å². The molecule has 0 radical (unpaired) electrons. The van der Waals surface area contributed by atoms with E-state index in [1.54, 1.807) is 6.20 Å². The molecule has 2 heterocycles. The largest absolute Gasteiger partial charge is 0.454 e. The average molecular weight is 257 g/mol. The number of aromatic nitrogens is 1. The summed E-state index contributed by atoms with van der Waals surface area (Å²) in [6.07, 6.45) is 1.76. The fraction of sp³-hybridized carbons (Fsp3) is 0.214. The highest BCUT2D eigenvalue weighted by Gasteiger charge is 2.12. The lowest BCUT2D eigenvalue weighted by Gasteiger charge is -2.08. The zero-order valence-electron chi connectivity index (χ0n) is 10.6. The van der Waals surface area contributed by atoms with Gasteiger partial charge in [-0.1, -0.05) is 6.07 Å². The minimum absolute atomic E-state index is 0.294. The van der Waals surface area contributed by atoms with Gasteiger partial charge in [-0.25, -0.2) is 4.98 Å². The van der Waals surface area contributed by atoms with E-state index in [-0.39, 0.29) is 0 Å². The smallest absolute Gasteiger partial charge is 0.231 e. The van der Waals surface area contributed by atoms with Gasteiger partial charge in [-0.2, -0.15) is 0 Å². The maximum absolute atomic E-state index is 5.85. The predicted octanol–water partition coefficient (Wildman–Crippen LogP) is 2.31. The van der Waals surface area contributed by atoms with Crippen molar-refractivity contribution in [2.75, 3.05) is 17.8 Å². The highest BCUT2D eigenvalue weighted by atomic mass is 16.7. The molecule has 98 valence electrons. The number of pyridine rings is 1. The minimum Gasteiger partial charge on any atom is -0.454 e. The molecule has 0 saturated carbocycles. The van der Waals surface area contributed by atoms with Gasteiger partial charge in [0.15, 0.2) is 11.5 Å². The summed E-state index contributed by atoms with van der Waals surface area (Å²) >= 11 is 0. The molecule has 1 aliphatic rings. The molecule has 0 aliphatic carbocycles. The molecule has 3 rings (SSSR count). The maximum atomic E-state index is 5.85. The van der Waals surface area contributed by atoms with Gasteiger partial charge >= 0.3 is 0 Å². The fourth-order valence-corrected chi connectivity index (χ4v) is 1.88. The van der Waals surface area contributed by atoms with E-state index in [1.807, 2.05) is 31.2 Å². The SMILES string of the molecule is Cc1cnc(NCc2ccc3c(c2)OCO3)cc1N. The number of rotatable bonds is 3. The maximum Gasteiger partial charge on any atom is 0.231 e. The molecule has 0 atom stereocenters. The molecule has 0 bridgehead atoms. The Morgan fingerprint density at radius 1 is 1.26 bits per heavy atom. The highest BCUT2D eigenvalue weighted by molar-refractivity contribution is 5.54. The van der Waals surface area contributed by atoms with Gasteiger partial charge in [0.25, 0.3) is 0 Å². The van der Waals surface area contributed by atoms with Crippen LogP contribution in [-0.4, -0.2) is 11.8 Å². The van der Waals surface area contributed by atoms with Gasteiger partial charge in [0, 0.05) is 24.5 Å². The Balaban J connectivity index is 1.70. The summed E-state index contributed by atoms with van der Waals surface area (Å²) in [6.45, 7) is 2.89. The third-order valence-electron chi connectivity index (χ3n) is 3.06. The van der Waals surface area contributed by atoms with E-state index < -0.39 is 0 Å². The number of aryl methyl sites for hydroxylation is 1. The van der Waals surface area contributed by atoms with E-state index >= 15 is 0 Å². The van der Waals surface area contributed by atoms with Crippen LogP contribution in [-0.2, 0) is 6.54 Å². The normalized spacial score (nSPS) is 12.5. The van der Waals surface area contributed by atoms with E-state index in [2.05, 4.69) is 10.3 Å². The van der Waals surface area contributed by atoms with Crippen molar-refractivity contribution in [2.24, 2.45) is 0 Å². The molecule has 3 N–H and O–H groups in total. The molecule has 0 spiro atoms. The molecule has 0 amide bonds. The quantitative estimate of drug-likeness (QED) is 0.883. The first kappa shape index (κ1) is 11.6. The highest BCUT2D eigenvalue weighted by Crippen LogP contribution is 2.32. The van der Waals surface area contributed by atoms with Gasteiger partial charge in [0.1, 0.15) is 5.82 Å². The van der Waals surface area contributed by atoms with Crippen molar-refractivity contribution in [3.05, 3.63) is 41.6 Å². The number of nitrogen functional groups attached to an aromatic ring is 1. The molecule has 2 aromatic rings. The van der Waals surface area contributed by atoms with Crippen LogP contribution in [0.15, 0.2) is 30.5 Å². The van der Waals surface area contributed by atoms with Crippen molar-refractivity contribution < 1.29 is 9.47 Å². The number of anilines is 2. The number of nitrogens with one attached hydrogen (secondary N) is 1. The van der Waals surface area contributed by atoms with Gasteiger partial charge in [0.05, 0.1) is 0 Å². The Labute approximate surface area is 111 Å². The molecule has 1 aromatic heterocycles. The van der Waals surface area contributed by atoms with Gasteiger partial charge in [-0.15, -0.1) is 0 Å². The van der Waals surface area contributed by atoms with E-state index in [9.17, 15) is 0 Å². The Kier molecular flexibility index (Phi) is 2.87. The Hall–Kier alpha value is -2.43. The van der Waals surface area contributed by atoms with Crippen molar-refractivity contribution in [1.29, 1.82) is 0 Å². The van der Waals surface area contributed by atoms with Gasteiger partial charge in [-0.3, -0.25) is 0 Å². The molecule has 0 unspecified atom stereocenters. The molecule has 5 nitrogen and oxygen atoms in total.